The van der Waals surface area contributed by atoms with E-state index >= 15 is 0 Å². The van der Waals surface area contributed by atoms with Gasteiger partial charge in [0, 0.05) is 6.42 Å². The van der Waals surface area contributed by atoms with Crippen LogP contribution in [0.4, 0.5) is 5.69 Å². The van der Waals surface area contributed by atoms with Gasteiger partial charge in [0.2, 0.25) is 11.8 Å². The van der Waals surface area contributed by atoms with Gasteiger partial charge in [-0.05, 0) is 17.7 Å². The van der Waals surface area contributed by atoms with Gasteiger partial charge in [-0.3, -0.25) is 14.5 Å². The van der Waals surface area contributed by atoms with Crippen LogP contribution in [0.15, 0.2) is 65.7 Å². The van der Waals surface area contributed by atoms with Gasteiger partial charge in [0.1, 0.15) is 0 Å². The van der Waals surface area contributed by atoms with E-state index < -0.39 is 11.2 Å². The Morgan fingerprint density at radius 1 is 1.12 bits per heavy atom. The molecule has 2 aromatic rings. The summed E-state index contributed by atoms with van der Waals surface area (Å²) >= 11 is 1.25. The molecule has 1 fully saturated rings. The number of hydrogen-bond acceptors (Lipinski definition) is 4. The van der Waals surface area contributed by atoms with Crippen LogP contribution in [0, 0.1) is 0 Å². The lowest BCUT2D eigenvalue weighted by molar-refractivity contribution is -0.130. The van der Waals surface area contributed by atoms with Crippen LogP contribution in [0.1, 0.15) is 12.0 Å². The maximum absolute atomic E-state index is 12.5. The normalized spacial score (nSPS) is 19.5. The summed E-state index contributed by atoms with van der Waals surface area (Å²) < 4.78 is 0. The molecule has 6 heteroatoms. The zero-order chi connectivity index (χ0) is 16.9. The van der Waals surface area contributed by atoms with E-state index in [0.29, 0.717) is 11.7 Å². The van der Waals surface area contributed by atoms with Crippen molar-refractivity contribution in [2.45, 2.75) is 18.2 Å². The van der Waals surface area contributed by atoms with Gasteiger partial charge in [-0.15, -0.1) is 0 Å². The number of amides is 2. The molecule has 0 aliphatic carbocycles. The lowest BCUT2D eigenvalue weighted by Gasteiger charge is -2.31. The molecule has 2 amide bonds. The number of carbonyl (C=O) groups excluding carboxylic acids is 2. The first kappa shape index (κ1) is 16.3. The standard InChI is InChI=1S/C18H17N3O2S/c19-17(23)15-11-16(22)21(12-13-7-3-1-4-8-13)18(24-15)20-14-9-5-2-6-10-14/h1-10,15H,11-12H2,(H2,19,23)/t15-/m1/s1. The van der Waals surface area contributed by atoms with E-state index in [1.165, 1.54) is 11.8 Å². The van der Waals surface area contributed by atoms with E-state index in [1.807, 2.05) is 60.7 Å². The van der Waals surface area contributed by atoms with E-state index in [4.69, 9.17) is 5.73 Å². The molecule has 0 radical (unpaired) electrons. The van der Waals surface area contributed by atoms with Crippen molar-refractivity contribution in [3.8, 4) is 0 Å². The summed E-state index contributed by atoms with van der Waals surface area (Å²) in [7, 11) is 0. The molecule has 24 heavy (non-hydrogen) atoms. The van der Waals surface area contributed by atoms with Crippen LogP contribution in [0.25, 0.3) is 0 Å². The average molecular weight is 339 g/mol. The Morgan fingerprint density at radius 3 is 2.38 bits per heavy atom. The summed E-state index contributed by atoms with van der Waals surface area (Å²) in [5.41, 5.74) is 7.13. The third-order valence-electron chi connectivity index (χ3n) is 3.62. The van der Waals surface area contributed by atoms with Crippen molar-refractivity contribution < 1.29 is 9.59 Å². The van der Waals surface area contributed by atoms with Gasteiger partial charge < -0.3 is 5.73 Å². The van der Waals surface area contributed by atoms with E-state index in [-0.39, 0.29) is 12.3 Å². The third-order valence-corrected chi connectivity index (χ3v) is 4.83. The SMILES string of the molecule is NC(=O)[C@H]1CC(=O)N(Cc2ccccc2)C(=Nc2ccccc2)S1. The van der Waals surface area contributed by atoms with Gasteiger partial charge in [-0.2, -0.15) is 0 Å². The summed E-state index contributed by atoms with van der Waals surface area (Å²) in [6.07, 6.45) is 0.0979. The minimum Gasteiger partial charge on any atom is -0.369 e. The summed E-state index contributed by atoms with van der Waals surface area (Å²) in [6.45, 7) is 0.420. The van der Waals surface area contributed by atoms with Crippen molar-refractivity contribution in [3.63, 3.8) is 0 Å². The fraction of sp³-hybridized carbons (Fsp3) is 0.167. The summed E-state index contributed by atoms with van der Waals surface area (Å²) in [5, 5.41) is -0.0721. The molecule has 122 valence electrons. The highest BCUT2D eigenvalue weighted by atomic mass is 32.2. The molecule has 0 bridgehead atoms. The Labute approximate surface area is 144 Å². The molecule has 0 spiro atoms. The fourth-order valence-electron chi connectivity index (χ4n) is 2.39. The first-order chi connectivity index (χ1) is 11.6. The van der Waals surface area contributed by atoms with E-state index in [2.05, 4.69) is 4.99 Å². The number of rotatable bonds is 4. The zero-order valence-electron chi connectivity index (χ0n) is 13.0. The molecule has 3 rings (SSSR count). The van der Waals surface area contributed by atoms with Crippen molar-refractivity contribution >= 4 is 34.4 Å². The second-order valence-corrected chi connectivity index (χ2v) is 6.58. The topological polar surface area (TPSA) is 75.8 Å². The van der Waals surface area contributed by atoms with Crippen molar-refractivity contribution in [1.29, 1.82) is 0 Å². The molecule has 5 nitrogen and oxygen atoms in total. The van der Waals surface area contributed by atoms with Crippen molar-refractivity contribution in [3.05, 3.63) is 66.2 Å². The molecule has 1 aliphatic rings. The largest absolute Gasteiger partial charge is 0.369 e. The molecule has 2 aromatic carbocycles. The molecular formula is C18H17N3O2S. The highest BCUT2D eigenvalue weighted by Gasteiger charge is 2.34. The lowest BCUT2D eigenvalue weighted by Crippen LogP contribution is -2.45. The molecular weight excluding hydrogens is 322 g/mol. The number of benzene rings is 2. The van der Waals surface area contributed by atoms with E-state index in [1.54, 1.807) is 4.90 Å². The minimum atomic E-state index is -0.577. The number of thioether (sulfide) groups is 1. The monoisotopic (exact) mass is 339 g/mol. The van der Waals surface area contributed by atoms with Crippen LogP contribution >= 0.6 is 11.8 Å². The summed E-state index contributed by atoms with van der Waals surface area (Å²) in [4.78, 5) is 30.2. The fourth-order valence-corrected chi connectivity index (χ4v) is 3.44. The number of primary amides is 1. The molecule has 2 N–H and O–H groups in total. The van der Waals surface area contributed by atoms with Gasteiger partial charge in [-0.1, -0.05) is 60.3 Å². The van der Waals surface area contributed by atoms with E-state index in [9.17, 15) is 9.59 Å². The molecule has 0 saturated carbocycles. The highest BCUT2D eigenvalue weighted by molar-refractivity contribution is 8.15. The molecule has 0 unspecified atom stereocenters. The van der Waals surface area contributed by atoms with Gasteiger partial charge >= 0.3 is 0 Å². The number of para-hydroxylation sites is 1. The highest BCUT2D eigenvalue weighted by Crippen LogP contribution is 2.29. The van der Waals surface area contributed by atoms with Crippen LogP contribution in [-0.2, 0) is 16.1 Å². The second kappa shape index (κ2) is 7.31. The predicted molar refractivity (Wildman–Crippen MR) is 95.7 cm³/mol. The smallest absolute Gasteiger partial charge is 0.231 e. The molecule has 1 saturated heterocycles. The first-order valence-electron chi connectivity index (χ1n) is 7.57. The maximum atomic E-state index is 12.5. The van der Waals surface area contributed by atoms with Gasteiger partial charge in [-0.25, -0.2) is 4.99 Å². The second-order valence-electron chi connectivity index (χ2n) is 5.41. The molecule has 1 heterocycles. The van der Waals surface area contributed by atoms with Crippen LogP contribution in [0.5, 0.6) is 0 Å². The van der Waals surface area contributed by atoms with Gasteiger partial charge in [0.25, 0.3) is 0 Å². The molecule has 0 aromatic heterocycles. The lowest BCUT2D eigenvalue weighted by atomic mass is 10.2. The Hall–Kier alpha value is -2.60. The van der Waals surface area contributed by atoms with Crippen molar-refractivity contribution in [2.75, 3.05) is 0 Å². The molecule has 1 aliphatic heterocycles. The summed E-state index contributed by atoms with van der Waals surface area (Å²) in [5.74, 6) is -0.635. The van der Waals surface area contributed by atoms with Crippen LogP contribution < -0.4 is 5.73 Å². The minimum absolute atomic E-state index is 0.0979. The Balaban J connectivity index is 1.92. The molecule has 1 atom stereocenters. The summed E-state index contributed by atoms with van der Waals surface area (Å²) in [6, 6.07) is 19.1. The Bertz CT molecular complexity index is 762. The van der Waals surface area contributed by atoms with Crippen LogP contribution in [0.2, 0.25) is 0 Å². The number of nitrogens with zero attached hydrogens (tertiary/aromatic N) is 2. The third kappa shape index (κ3) is 3.83. The van der Waals surface area contributed by atoms with Crippen LogP contribution in [-0.4, -0.2) is 27.1 Å². The zero-order valence-corrected chi connectivity index (χ0v) is 13.8. The average Bonchev–Trinajstić information content (AvgIpc) is 2.59. The number of carbonyl (C=O) groups is 2. The van der Waals surface area contributed by atoms with Crippen molar-refractivity contribution in [1.82, 2.24) is 4.90 Å². The maximum Gasteiger partial charge on any atom is 0.231 e. The first-order valence-corrected chi connectivity index (χ1v) is 8.45. The van der Waals surface area contributed by atoms with Gasteiger partial charge in [0.15, 0.2) is 5.17 Å². The predicted octanol–water partition coefficient (Wildman–Crippen LogP) is 2.69. The Kier molecular flexibility index (Phi) is 4.96. The number of hydrogen-bond donors (Lipinski definition) is 1. The van der Waals surface area contributed by atoms with Crippen molar-refractivity contribution in [2.24, 2.45) is 10.7 Å². The van der Waals surface area contributed by atoms with E-state index in [0.717, 1.165) is 11.3 Å². The Morgan fingerprint density at radius 2 is 1.75 bits per heavy atom. The number of aliphatic imine (C=N–C) groups is 1. The number of nitrogens with two attached hydrogens (primary N) is 1. The number of amidine groups is 1. The van der Waals surface area contributed by atoms with Crippen LogP contribution in [0.3, 0.4) is 0 Å². The van der Waals surface area contributed by atoms with Gasteiger partial charge in [0.05, 0.1) is 17.5 Å². The quantitative estimate of drug-likeness (QED) is 0.930.